The number of aryl methyl sites for hydroxylation is 2. The van der Waals surface area contributed by atoms with E-state index in [1.54, 1.807) is 0 Å². The SMILES string of the molecule is Cc1ccc(CCCN)c2ccncc12. The first-order valence-corrected chi connectivity index (χ1v) is 5.35. The molecule has 2 rings (SSSR count). The predicted octanol–water partition coefficient (Wildman–Crippen LogP) is 2.43. The summed E-state index contributed by atoms with van der Waals surface area (Å²) >= 11 is 0. The van der Waals surface area contributed by atoms with E-state index in [0.29, 0.717) is 0 Å². The Hall–Kier alpha value is -1.41. The maximum atomic E-state index is 5.54. The number of aromatic nitrogens is 1. The van der Waals surface area contributed by atoms with Crippen molar-refractivity contribution in [3.05, 3.63) is 41.7 Å². The van der Waals surface area contributed by atoms with Crippen molar-refractivity contribution in [3.8, 4) is 0 Å². The number of hydrogen-bond donors (Lipinski definition) is 1. The van der Waals surface area contributed by atoms with Crippen LogP contribution in [0.5, 0.6) is 0 Å². The van der Waals surface area contributed by atoms with Gasteiger partial charge in [-0.2, -0.15) is 0 Å². The van der Waals surface area contributed by atoms with Crippen molar-refractivity contribution >= 4 is 10.8 Å². The molecule has 0 aliphatic rings. The molecule has 0 saturated heterocycles. The first-order valence-electron chi connectivity index (χ1n) is 5.35. The third kappa shape index (κ3) is 2.00. The molecule has 78 valence electrons. The fourth-order valence-corrected chi connectivity index (χ4v) is 1.90. The topological polar surface area (TPSA) is 38.9 Å². The second kappa shape index (κ2) is 4.41. The van der Waals surface area contributed by atoms with Crippen molar-refractivity contribution in [2.75, 3.05) is 6.54 Å². The molecular formula is C13H16N2. The van der Waals surface area contributed by atoms with Crippen LogP contribution >= 0.6 is 0 Å². The van der Waals surface area contributed by atoms with E-state index in [2.05, 4.69) is 30.1 Å². The standard InChI is InChI=1S/C13H16N2/c1-10-4-5-11(3-2-7-14)12-6-8-15-9-13(10)12/h4-6,8-9H,2-3,7,14H2,1H3. The minimum Gasteiger partial charge on any atom is -0.330 e. The Kier molecular flexibility index (Phi) is 2.97. The molecule has 0 atom stereocenters. The Bertz CT molecular complexity index is 463. The zero-order valence-electron chi connectivity index (χ0n) is 9.03. The zero-order chi connectivity index (χ0) is 10.7. The largest absolute Gasteiger partial charge is 0.330 e. The number of benzene rings is 1. The summed E-state index contributed by atoms with van der Waals surface area (Å²) in [5.74, 6) is 0. The van der Waals surface area contributed by atoms with Crippen molar-refractivity contribution in [1.29, 1.82) is 0 Å². The second-order valence-electron chi connectivity index (χ2n) is 3.86. The van der Waals surface area contributed by atoms with Crippen LogP contribution in [0.4, 0.5) is 0 Å². The third-order valence-electron chi connectivity index (χ3n) is 2.78. The second-order valence-corrected chi connectivity index (χ2v) is 3.86. The van der Waals surface area contributed by atoms with Crippen LogP contribution in [-0.4, -0.2) is 11.5 Å². The summed E-state index contributed by atoms with van der Waals surface area (Å²) in [6.45, 7) is 2.87. The van der Waals surface area contributed by atoms with Crippen molar-refractivity contribution in [1.82, 2.24) is 4.98 Å². The first-order chi connectivity index (χ1) is 7.33. The molecule has 15 heavy (non-hydrogen) atoms. The van der Waals surface area contributed by atoms with E-state index in [0.717, 1.165) is 19.4 Å². The van der Waals surface area contributed by atoms with E-state index < -0.39 is 0 Å². The highest BCUT2D eigenvalue weighted by Gasteiger charge is 2.02. The Morgan fingerprint density at radius 3 is 2.87 bits per heavy atom. The molecule has 0 bridgehead atoms. The minimum absolute atomic E-state index is 0.750. The van der Waals surface area contributed by atoms with E-state index >= 15 is 0 Å². The molecule has 2 N–H and O–H groups in total. The molecule has 0 spiro atoms. The van der Waals surface area contributed by atoms with E-state index in [1.807, 2.05) is 12.4 Å². The summed E-state index contributed by atoms with van der Waals surface area (Å²) < 4.78 is 0. The van der Waals surface area contributed by atoms with Crippen molar-refractivity contribution < 1.29 is 0 Å². The van der Waals surface area contributed by atoms with Gasteiger partial charge in [-0.3, -0.25) is 4.98 Å². The molecule has 1 heterocycles. The highest BCUT2D eigenvalue weighted by atomic mass is 14.6. The van der Waals surface area contributed by atoms with Gasteiger partial charge in [0.25, 0.3) is 0 Å². The molecule has 0 aliphatic carbocycles. The van der Waals surface area contributed by atoms with Gasteiger partial charge < -0.3 is 5.73 Å². The number of nitrogens with zero attached hydrogens (tertiary/aromatic N) is 1. The molecule has 2 nitrogen and oxygen atoms in total. The lowest BCUT2D eigenvalue weighted by atomic mass is 9.99. The van der Waals surface area contributed by atoms with Crippen LogP contribution in [0.3, 0.4) is 0 Å². The third-order valence-corrected chi connectivity index (χ3v) is 2.78. The smallest absolute Gasteiger partial charge is 0.0349 e. The van der Waals surface area contributed by atoms with E-state index in [4.69, 9.17) is 5.73 Å². The average Bonchev–Trinajstić information content (AvgIpc) is 2.29. The lowest BCUT2D eigenvalue weighted by Crippen LogP contribution is -2.00. The monoisotopic (exact) mass is 200 g/mol. The highest BCUT2D eigenvalue weighted by Crippen LogP contribution is 2.22. The van der Waals surface area contributed by atoms with Gasteiger partial charge in [0.1, 0.15) is 0 Å². The number of pyridine rings is 1. The summed E-state index contributed by atoms with van der Waals surface area (Å²) in [5.41, 5.74) is 8.20. The van der Waals surface area contributed by atoms with Crippen LogP contribution in [0.1, 0.15) is 17.5 Å². The fraction of sp³-hybridized carbons (Fsp3) is 0.308. The minimum atomic E-state index is 0.750. The van der Waals surface area contributed by atoms with E-state index in [9.17, 15) is 0 Å². The molecule has 2 heteroatoms. The van der Waals surface area contributed by atoms with Gasteiger partial charge in [-0.05, 0) is 48.9 Å². The van der Waals surface area contributed by atoms with Gasteiger partial charge in [0.2, 0.25) is 0 Å². The van der Waals surface area contributed by atoms with Crippen LogP contribution in [0.2, 0.25) is 0 Å². The summed E-state index contributed by atoms with van der Waals surface area (Å²) in [6.07, 6.45) is 5.89. The van der Waals surface area contributed by atoms with Crippen LogP contribution < -0.4 is 5.73 Å². The summed E-state index contributed by atoms with van der Waals surface area (Å²) in [7, 11) is 0. The van der Waals surface area contributed by atoms with Gasteiger partial charge in [0.15, 0.2) is 0 Å². The normalized spacial score (nSPS) is 10.8. The molecule has 0 fully saturated rings. The Morgan fingerprint density at radius 1 is 1.20 bits per heavy atom. The zero-order valence-corrected chi connectivity index (χ0v) is 9.03. The molecule has 1 aromatic heterocycles. The Labute approximate surface area is 90.1 Å². The van der Waals surface area contributed by atoms with Crippen LogP contribution in [0.25, 0.3) is 10.8 Å². The number of fused-ring (bicyclic) bond motifs is 1. The molecule has 1 aromatic carbocycles. The van der Waals surface area contributed by atoms with Crippen molar-refractivity contribution in [2.24, 2.45) is 5.73 Å². The number of nitrogens with two attached hydrogens (primary N) is 1. The van der Waals surface area contributed by atoms with Gasteiger partial charge >= 0.3 is 0 Å². The summed E-state index contributed by atoms with van der Waals surface area (Å²) in [4.78, 5) is 4.17. The van der Waals surface area contributed by atoms with E-state index in [1.165, 1.54) is 21.9 Å². The Balaban J connectivity index is 2.51. The van der Waals surface area contributed by atoms with Crippen LogP contribution in [0.15, 0.2) is 30.6 Å². The Morgan fingerprint density at radius 2 is 2.07 bits per heavy atom. The van der Waals surface area contributed by atoms with Crippen LogP contribution in [0, 0.1) is 6.92 Å². The van der Waals surface area contributed by atoms with Crippen molar-refractivity contribution in [3.63, 3.8) is 0 Å². The van der Waals surface area contributed by atoms with Gasteiger partial charge in [-0.15, -0.1) is 0 Å². The van der Waals surface area contributed by atoms with Gasteiger partial charge in [-0.25, -0.2) is 0 Å². The lowest BCUT2D eigenvalue weighted by Gasteiger charge is -2.07. The quantitative estimate of drug-likeness (QED) is 0.826. The highest BCUT2D eigenvalue weighted by molar-refractivity contribution is 5.87. The van der Waals surface area contributed by atoms with Gasteiger partial charge in [0.05, 0.1) is 0 Å². The fourth-order valence-electron chi connectivity index (χ4n) is 1.90. The number of hydrogen-bond acceptors (Lipinski definition) is 2. The molecule has 0 amide bonds. The predicted molar refractivity (Wildman–Crippen MR) is 63.9 cm³/mol. The molecular weight excluding hydrogens is 184 g/mol. The molecule has 0 aliphatic heterocycles. The molecule has 0 radical (unpaired) electrons. The van der Waals surface area contributed by atoms with Crippen LogP contribution in [-0.2, 0) is 6.42 Å². The summed E-state index contributed by atoms with van der Waals surface area (Å²) in [6, 6.07) is 6.46. The van der Waals surface area contributed by atoms with Gasteiger partial charge in [-0.1, -0.05) is 12.1 Å². The van der Waals surface area contributed by atoms with Crippen molar-refractivity contribution in [2.45, 2.75) is 19.8 Å². The maximum Gasteiger partial charge on any atom is 0.0349 e. The molecule has 0 unspecified atom stereocenters. The average molecular weight is 200 g/mol. The van der Waals surface area contributed by atoms with E-state index in [-0.39, 0.29) is 0 Å². The first kappa shape index (κ1) is 10.1. The molecule has 0 saturated carbocycles. The lowest BCUT2D eigenvalue weighted by molar-refractivity contribution is 0.837. The van der Waals surface area contributed by atoms with Gasteiger partial charge in [0, 0.05) is 17.8 Å². The summed E-state index contributed by atoms with van der Waals surface area (Å²) in [5, 5.41) is 2.57. The maximum absolute atomic E-state index is 5.54. The molecule has 2 aromatic rings. The number of rotatable bonds is 3.